The van der Waals surface area contributed by atoms with Gasteiger partial charge in [0.1, 0.15) is 5.82 Å². The van der Waals surface area contributed by atoms with Gasteiger partial charge in [0.25, 0.3) is 0 Å². The molecule has 1 atom stereocenters. The molecular formula is C22H26Br2FNOS. The lowest BCUT2D eigenvalue weighted by molar-refractivity contribution is -0.103. The monoisotopic (exact) mass is 529 g/mol. The third-order valence-electron chi connectivity index (χ3n) is 6.45. The summed E-state index contributed by atoms with van der Waals surface area (Å²) in [5.41, 5.74) is 1.37. The minimum Gasteiger partial charge on any atom is -0.375 e. The first kappa shape index (κ1) is 21.0. The summed E-state index contributed by atoms with van der Waals surface area (Å²) < 4.78 is 22.1. The van der Waals surface area contributed by atoms with Gasteiger partial charge in [-0.15, -0.1) is 11.3 Å². The summed E-state index contributed by atoms with van der Waals surface area (Å²) in [7, 11) is 0. The number of ether oxygens (including phenoxy) is 1. The molecule has 2 aliphatic rings. The van der Waals surface area contributed by atoms with Crippen LogP contribution >= 0.6 is 43.2 Å². The molecule has 4 rings (SSSR count). The maximum atomic E-state index is 13.6. The van der Waals surface area contributed by atoms with Gasteiger partial charge in [0.05, 0.1) is 5.60 Å². The summed E-state index contributed by atoms with van der Waals surface area (Å²) in [6, 6.07) is 7.22. The van der Waals surface area contributed by atoms with Gasteiger partial charge in [-0.05, 0) is 88.2 Å². The number of halogens is 3. The van der Waals surface area contributed by atoms with Crippen molar-refractivity contribution >= 4 is 43.2 Å². The first-order valence-electron chi connectivity index (χ1n) is 10.0. The van der Waals surface area contributed by atoms with Gasteiger partial charge in [0.2, 0.25) is 0 Å². The van der Waals surface area contributed by atoms with Crippen LogP contribution in [0, 0.1) is 5.82 Å². The first-order valence-corrected chi connectivity index (χ1v) is 12.5. The second-order valence-corrected chi connectivity index (χ2v) is 10.8. The van der Waals surface area contributed by atoms with Gasteiger partial charge in [0.15, 0.2) is 0 Å². The molecule has 152 valence electrons. The van der Waals surface area contributed by atoms with Crippen LogP contribution in [-0.4, -0.2) is 18.8 Å². The zero-order valence-corrected chi connectivity index (χ0v) is 19.9. The molecule has 1 aromatic heterocycles. The number of hydrogen-bond acceptors (Lipinski definition) is 3. The van der Waals surface area contributed by atoms with Crippen LogP contribution in [0.1, 0.15) is 55.4 Å². The van der Waals surface area contributed by atoms with E-state index in [0.717, 1.165) is 47.9 Å². The van der Waals surface area contributed by atoms with E-state index in [1.807, 2.05) is 12.1 Å². The van der Waals surface area contributed by atoms with Crippen LogP contribution in [0.25, 0.3) is 0 Å². The average molecular weight is 531 g/mol. The highest BCUT2D eigenvalue weighted by atomic mass is 79.9. The van der Waals surface area contributed by atoms with Crippen molar-refractivity contribution in [2.45, 2.75) is 62.5 Å². The highest BCUT2D eigenvalue weighted by Crippen LogP contribution is 2.50. The van der Waals surface area contributed by atoms with Crippen LogP contribution in [0.15, 0.2) is 38.6 Å². The van der Waals surface area contributed by atoms with E-state index in [1.54, 1.807) is 23.5 Å². The summed E-state index contributed by atoms with van der Waals surface area (Å²) in [6.45, 7) is 2.61. The van der Waals surface area contributed by atoms with E-state index >= 15 is 0 Å². The molecule has 2 heterocycles. The second-order valence-electron chi connectivity index (χ2n) is 8.20. The Morgan fingerprint density at radius 1 is 1.11 bits per heavy atom. The smallest absolute Gasteiger partial charge is 0.123 e. The third kappa shape index (κ3) is 4.41. The van der Waals surface area contributed by atoms with E-state index in [4.69, 9.17) is 4.74 Å². The minimum absolute atomic E-state index is 0.0360. The van der Waals surface area contributed by atoms with E-state index < -0.39 is 0 Å². The highest BCUT2D eigenvalue weighted by Gasteiger charge is 2.47. The molecule has 0 amide bonds. The molecular weight excluding hydrogens is 505 g/mol. The highest BCUT2D eigenvalue weighted by molar-refractivity contribution is 9.13. The van der Waals surface area contributed by atoms with Crippen molar-refractivity contribution in [2.75, 3.05) is 13.2 Å². The molecule has 6 heteroatoms. The lowest BCUT2D eigenvalue weighted by Gasteiger charge is -2.47. The molecule has 1 aliphatic carbocycles. The van der Waals surface area contributed by atoms with Gasteiger partial charge in [0, 0.05) is 37.8 Å². The second kappa shape index (κ2) is 8.84. The molecule has 1 spiro atoms. The summed E-state index contributed by atoms with van der Waals surface area (Å²) in [6.07, 6.45) is 7.98. The van der Waals surface area contributed by atoms with Crippen molar-refractivity contribution in [1.82, 2.24) is 5.32 Å². The molecule has 2 fully saturated rings. The van der Waals surface area contributed by atoms with E-state index in [1.165, 1.54) is 36.1 Å². The van der Waals surface area contributed by atoms with Crippen molar-refractivity contribution < 1.29 is 9.13 Å². The fourth-order valence-corrected chi connectivity index (χ4v) is 7.08. The molecule has 1 aliphatic heterocycles. The summed E-state index contributed by atoms with van der Waals surface area (Å²) >= 11 is 8.96. The van der Waals surface area contributed by atoms with Crippen LogP contribution < -0.4 is 5.32 Å². The fraction of sp³-hybridized carbons (Fsp3) is 0.545. The van der Waals surface area contributed by atoms with E-state index in [2.05, 4.69) is 42.6 Å². The number of nitrogens with one attached hydrogen (secondary N) is 1. The molecule has 1 saturated carbocycles. The Hall–Kier alpha value is -0.270. The zero-order chi connectivity index (χ0) is 19.6. The summed E-state index contributed by atoms with van der Waals surface area (Å²) in [5, 5.41) is 5.75. The van der Waals surface area contributed by atoms with Crippen LogP contribution in [-0.2, 0) is 16.7 Å². The molecule has 2 nitrogen and oxygen atoms in total. The lowest BCUT2D eigenvalue weighted by atomic mass is 9.66. The predicted octanol–water partition coefficient (Wildman–Crippen LogP) is 6.95. The van der Waals surface area contributed by atoms with Crippen LogP contribution in [0.2, 0.25) is 0 Å². The van der Waals surface area contributed by atoms with E-state index in [9.17, 15) is 4.39 Å². The third-order valence-corrected chi connectivity index (χ3v) is 10.1. The standard InChI is InChI=1S/C22H26Br2FNOS/c23-18-14-28-19(20(18)24)13-26-11-9-21(16-3-5-17(25)6-4-16)10-12-27-22(15-21)7-1-2-8-22/h3-6,14,26H,1-2,7-13,15H2/t21-/m1/s1. The SMILES string of the molecule is Fc1ccc([C@]2(CCNCc3scc(Br)c3Br)CCOC3(CCCC3)C2)cc1. The van der Waals surface area contributed by atoms with Gasteiger partial charge < -0.3 is 10.1 Å². The van der Waals surface area contributed by atoms with Gasteiger partial charge in [-0.3, -0.25) is 0 Å². The Labute approximate surface area is 187 Å². The van der Waals surface area contributed by atoms with Gasteiger partial charge in [-0.2, -0.15) is 0 Å². The Morgan fingerprint density at radius 3 is 2.54 bits per heavy atom. The van der Waals surface area contributed by atoms with Crippen molar-refractivity contribution in [3.05, 3.63) is 54.8 Å². The number of rotatable bonds is 6. The average Bonchev–Trinajstić information content (AvgIpc) is 3.27. The van der Waals surface area contributed by atoms with Crippen molar-refractivity contribution in [1.29, 1.82) is 0 Å². The number of hydrogen-bond donors (Lipinski definition) is 1. The van der Waals surface area contributed by atoms with Crippen LogP contribution in [0.5, 0.6) is 0 Å². The largest absolute Gasteiger partial charge is 0.375 e. The quantitative estimate of drug-likeness (QED) is 0.408. The Kier molecular flexibility index (Phi) is 6.63. The molecule has 2 aromatic rings. The lowest BCUT2D eigenvalue weighted by Crippen LogP contribution is -2.47. The first-order chi connectivity index (χ1) is 13.5. The molecule has 0 radical (unpaired) electrons. The molecule has 1 saturated heterocycles. The zero-order valence-electron chi connectivity index (χ0n) is 15.9. The normalized spacial score (nSPS) is 24.1. The maximum Gasteiger partial charge on any atom is 0.123 e. The number of thiophene rings is 1. The Bertz CT molecular complexity index is 803. The molecule has 1 N–H and O–H groups in total. The van der Waals surface area contributed by atoms with E-state index in [-0.39, 0.29) is 16.8 Å². The van der Waals surface area contributed by atoms with Crippen molar-refractivity contribution in [3.8, 4) is 0 Å². The maximum absolute atomic E-state index is 13.6. The molecule has 1 aromatic carbocycles. The van der Waals surface area contributed by atoms with Crippen molar-refractivity contribution in [3.63, 3.8) is 0 Å². The predicted molar refractivity (Wildman–Crippen MR) is 121 cm³/mol. The molecule has 28 heavy (non-hydrogen) atoms. The van der Waals surface area contributed by atoms with Crippen LogP contribution in [0.3, 0.4) is 0 Å². The minimum atomic E-state index is -0.159. The van der Waals surface area contributed by atoms with Gasteiger partial charge in [-0.25, -0.2) is 4.39 Å². The summed E-state index contributed by atoms with van der Waals surface area (Å²) in [5.74, 6) is -0.159. The number of benzene rings is 1. The topological polar surface area (TPSA) is 21.3 Å². The Morgan fingerprint density at radius 2 is 1.86 bits per heavy atom. The van der Waals surface area contributed by atoms with Gasteiger partial charge in [-0.1, -0.05) is 25.0 Å². The Balaban J connectivity index is 1.48. The molecule has 0 unspecified atom stereocenters. The van der Waals surface area contributed by atoms with Crippen LogP contribution in [0.4, 0.5) is 4.39 Å². The van der Waals surface area contributed by atoms with E-state index in [0.29, 0.717) is 0 Å². The molecule has 0 bridgehead atoms. The fourth-order valence-electron chi connectivity index (χ4n) is 4.98. The van der Waals surface area contributed by atoms with Gasteiger partial charge >= 0.3 is 0 Å². The summed E-state index contributed by atoms with van der Waals surface area (Å²) in [4.78, 5) is 1.31. The van der Waals surface area contributed by atoms with Crippen molar-refractivity contribution in [2.24, 2.45) is 0 Å².